The number of carbonyl (C=O) groups is 1. The van der Waals surface area contributed by atoms with E-state index in [0.717, 1.165) is 0 Å². The minimum Gasteiger partial charge on any atom is -0.443 e. The summed E-state index contributed by atoms with van der Waals surface area (Å²) < 4.78 is 28.0. The summed E-state index contributed by atoms with van der Waals surface area (Å²) >= 11 is 0. The van der Waals surface area contributed by atoms with Gasteiger partial charge in [-0.25, -0.2) is 13.6 Å². The first-order valence-electron chi connectivity index (χ1n) is 4.59. The minimum atomic E-state index is -2.61. The van der Waals surface area contributed by atoms with Crippen LogP contribution in [0.4, 0.5) is 13.6 Å². The molecule has 0 unspecified atom stereocenters. The quantitative estimate of drug-likeness (QED) is 0.712. The third-order valence-corrected chi connectivity index (χ3v) is 1.66. The van der Waals surface area contributed by atoms with Gasteiger partial charge in [0, 0.05) is 12.1 Å². The molecule has 0 atom stereocenters. The molecule has 14 heavy (non-hydrogen) atoms. The zero-order chi connectivity index (χ0) is 11.3. The molecule has 3 nitrogen and oxygen atoms in total. The van der Waals surface area contributed by atoms with E-state index in [4.69, 9.17) is 0 Å². The van der Waals surface area contributed by atoms with Gasteiger partial charge in [-0.2, -0.15) is 0 Å². The summed E-state index contributed by atoms with van der Waals surface area (Å²) in [5.41, 5.74) is 0. The molecule has 0 rings (SSSR count). The summed E-state index contributed by atoms with van der Waals surface area (Å²) in [5.74, 6) is 0. The highest BCUT2D eigenvalue weighted by Crippen LogP contribution is 2.08. The fourth-order valence-electron chi connectivity index (χ4n) is 1.23. The SMILES string of the molecule is CC(C)N(C(=O)OCC(F)F)C(C)C. The van der Waals surface area contributed by atoms with Crippen LogP contribution < -0.4 is 0 Å². The summed E-state index contributed by atoms with van der Waals surface area (Å²) in [7, 11) is 0. The van der Waals surface area contributed by atoms with E-state index in [1.54, 1.807) is 0 Å². The number of halogens is 2. The summed E-state index contributed by atoms with van der Waals surface area (Å²) in [6.07, 6.45) is -3.30. The Balaban J connectivity index is 4.17. The molecule has 84 valence electrons. The van der Waals surface area contributed by atoms with Crippen LogP contribution in [0, 0.1) is 0 Å². The fourth-order valence-corrected chi connectivity index (χ4v) is 1.23. The van der Waals surface area contributed by atoms with Gasteiger partial charge < -0.3 is 9.64 Å². The van der Waals surface area contributed by atoms with Crippen LogP contribution >= 0.6 is 0 Å². The van der Waals surface area contributed by atoms with E-state index < -0.39 is 19.1 Å². The molecule has 0 N–H and O–H groups in total. The maximum absolute atomic E-state index is 11.8. The van der Waals surface area contributed by atoms with Crippen molar-refractivity contribution in [1.29, 1.82) is 0 Å². The molecule has 0 aromatic heterocycles. The number of amides is 1. The third kappa shape index (κ3) is 4.39. The highest BCUT2D eigenvalue weighted by Gasteiger charge is 2.22. The van der Waals surface area contributed by atoms with Gasteiger partial charge in [0.2, 0.25) is 0 Å². The number of hydrogen-bond donors (Lipinski definition) is 0. The average molecular weight is 209 g/mol. The second-order valence-corrected chi connectivity index (χ2v) is 3.56. The molecular formula is C9H17F2NO2. The Morgan fingerprint density at radius 3 is 1.93 bits per heavy atom. The van der Waals surface area contributed by atoms with E-state index in [-0.39, 0.29) is 12.1 Å². The number of hydrogen-bond acceptors (Lipinski definition) is 2. The monoisotopic (exact) mass is 209 g/mol. The van der Waals surface area contributed by atoms with Gasteiger partial charge in [-0.05, 0) is 27.7 Å². The Morgan fingerprint density at radius 2 is 1.64 bits per heavy atom. The Kier molecular flexibility index (Phi) is 5.42. The average Bonchev–Trinajstić information content (AvgIpc) is 1.99. The van der Waals surface area contributed by atoms with E-state index in [2.05, 4.69) is 4.74 Å². The summed E-state index contributed by atoms with van der Waals surface area (Å²) in [5, 5.41) is 0. The van der Waals surface area contributed by atoms with Crippen LogP contribution in [0.15, 0.2) is 0 Å². The van der Waals surface area contributed by atoms with Crippen LogP contribution in [-0.2, 0) is 4.74 Å². The standard InChI is InChI=1S/C9H17F2NO2/c1-6(2)12(7(3)4)9(13)14-5-8(10)11/h6-8H,5H2,1-4H3. The van der Waals surface area contributed by atoms with Gasteiger partial charge in [-0.15, -0.1) is 0 Å². The predicted octanol–water partition coefficient (Wildman–Crippen LogP) is 2.51. The molecule has 5 heteroatoms. The molecule has 1 amide bonds. The second-order valence-electron chi connectivity index (χ2n) is 3.56. The van der Waals surface area contributed by atoms with Gasteiger partial charge in [0.1, 0.15) is 0 Å². The smallest absolute Gasteiger partial charge is 0.410 e. The van der Waals surface area contributed by atoms with Crippen LogP contribution in [-0.4, -0.2) is 36.1 Å². The van der Waals surface area contributed by atoms with Crippen LogP contribution in [0.25, 0.3) is 0 Å². The normalized spacial score (nSPS) is 11.2. The molecule has 0 saturated heterocycles. The molecule has 0 saturated carbocycles. The van der Waals surface area contributed by atoms with Crippen LogP contribution in [0.2, 0.25) is 0 Å². The lowest BCUT2D eigenvalue weighted by atomic mass is 10.2. The van der Waals surface area contributed by atoms with Crippen LogP contribution in [0.3, 0.4) is 0 Å². The zero-order valence-electron chi connectivity index (χ0n) is 8.96. The number of alkyl halides is 2. The Morgan fingerprint density at radius 1 is 1.21 bits per heavy atom. The highest BCUT2D eigenvalue weighted by atomic mass is 19.3. The van der Waals surface area contributed by atoms with Gasteiger partial charge in [0.05, 0.1) is 0 Å². The lowest BCUT2D eigenvalue weighted by molar-refractivity contribution is 0.0222. The van der Waals surface area contributed by atoms with Crippen molar-refractivity contribution in [2.45, 2.75) is 46.2 Å². The first kappa shape index (κ1) is 13.1. The molecule has 0 aliphatic rings. The van der Waals surface area contributed by atoms with Gasteiger partial charge in [0.15, 0.2) is 6.61 Å². The highest BCUT2D eigenvalue weighted by molar-refractivity contribution is 5.68. The Labute approximate surface area is 83.0 Å². The van der Waals surface area contributed by atoms with E-state index in [9.17, 15) is 13.6 Å². The van der Waals surface area contributed by atoms with Gasteiger partial charge >= 0.3 is 6.09 Å². The predicted molar refractivity (Wildman–Crippen MR) is 49.5 cm³/mol. The molecule has 0 heterocycles. The van der Waals surface area contributed by atoms with E-state index in [1.165, 1.54) is 4.90 Å². The van der Waals surface area contributed by atoms with Crippen molar-refractivity contribution in [2.24, 2.45) is 0 Å². The summed E-state index contributed by atoms with van der Waals surface area (Å²) in [6, 6.07) is -0.111. The molecule has 0 aliphatic carbocycles. The lowest BCUT2D eigenvalue weighted by Crippen LogP contribution is -2.42. The minimum absolute atomic E-state index is 0.0554. The molecule has 0 fully saturated rings. The van der Waals surface area contributed by atoms with Crippen molar-refractivity contribution in [3.63, 3.8) is 0 Å². The topological polar surface area (TPSA) is 29.5 Å². The number of carbonyl (C=O) groups excluding carboxylic acids is 1. The molecular weight excluding hydrogens is 192 g/mol. The number of nitrogens with zero attached hydrogens (tertiary/aromatic N) is 1. The van der Waals surface area contributed by atoms with Crippen LogP contribution in [0.1, 0.15) is 27.7 Å². The van der Waals surface area contributed by atoms with Crippen molar-refractivity contribution in [3.05, 3.63) is 0 Å². The fraction of sp³-hybridized carbons (Fsp3) is 0.889. The van der Waals surface area contributed by atoms with Crippen molar-refractivity contribution in [2.75, 3.05) is 6.61 Å². The summed E-state index contributed by atoms with van der Waals surface area (Å²) in [6.45, 7) is 6.40. The van der Waals surface area contributed by atoms with E-state index >= 15 is 0 Å². The summed E-state index contributed by atoms with van der Waals surface area (Å²) in [4.78, 5) is 12.7. The Bertz CT molecular complexity index is 176. The van der Waals surface area contributed by atoms with Crippen LogP contribution in [0.5, 0.6) is 0 Å². The zero-order valence-corrected chi connectivity index (χ0v) is 8.96. The van der Waals surface area contributed by atoms with Gasteiger partial charge in [-0.3, -0.25) is 0 Å². The van der Waals surface area contributed by atoms with Gasteiger partial charge in [-0.1, -0.05) is 0 Å². The molecule has 0 bridgehead atoms. The van der Waals surface area contributed by atoms with Crippen molar-refractivity contribution in [3.8, 4) is 0 Å². The molecule has 0 spiro atoms. The molecule has 0 radical (unpaired) electrons. The Hall–Kier alpha value is -0.870. The first-order chi connectivity index (χ1) is 6.36. The third-order valence-electron chi connectivity index (χ3n) is 1.66. The van der Waals surface area contributed by atoms with Crippen molar-refractivity contribution < 1.29 is 18.3 Å². The van der Waals surface area contributed by atoms with E-state index in [0.29, 0.717) is 0 Å². The van der Waals surface area contributed by atoms with Crippen molar-refractivity contribution in [1.82, 2.24) is 4.90 Å². The largest absolute Gasteiger partial charge is 0.443 e. The molecule has 0 aromatic rings. The van der Waals surface area contributed by atoms with Gasteiger partial charge in [0.25, 0.3) is 6.43 Å². The maximum Gasteiger partial charge on any atom is 0.410 e. The van der Waals surface area contributed by atoms with E-state index in [1.807, 2.05) is 27.7 Å². The van der Waals surface area contributed by atoms with Crippen molar-refractivity contribution >= 4 is 6.09 Å². The number of rotatable bonds is 4. The lowest BCUT2D eigenvalue weighted by Gasteiger charge is -2.29. The second kappa shape index (κ2) is 5.78. The first-order valence-corrected chi connectivity index (χ1v) is 4.59. The number of ether oxygens (including phenoxy) is 1. The molecule has 0 aliphatic heterocycles. The molecule has 0 aromatic carbocycles. The maximum atomic E-state index is 11.8.